The first kappa shape index (κ1) is 15.5. The monoisotopic (exact) mass is 323 g/mol. The van der Waals surface area contributed by atoms with Crippen LogP contribution in [0.15, 0.2) is 53.4 Å². The van der Waals surface area contributed by atoms with Crippen LogP contribution in [0.2, 0.25) is 5.02 Å². The van der Waals surface area contributed by atoms with E-state index in [0.29, 0.717) is 10.7 Å². The van der Waals surface area contributed by atoms with Crippen molar-refractivity contribution in [3.8, 4) is 0 Å². The maximum absolute atomic E-state index is 12.1. The van der Waals surface area contributed by atoms with Gasteiger partial charge in [-0.05, 0) is 31.2 Å². The third-order valence-corrected chi connectivity index (χ3v) is 4.81. The molecule has 0 saturated carbocycles. The number of rotatable bonds is 4. The minimum atomic E-state index is -3.66. The van der Waals surface area contributed by atoms with Gasteiger partial charge in [0.05, 0.1) is 15.6 Å². The van der Waals surface area contributed by atoms with E-state index >= 15 is 0 Å². The number of carbonyl (C=O) groups is 1. The van der Waals surface area contributed by atoms with Gasteiger partial charge in [0.25, 0.3) is 0 Å². The van der Waals surface area contributed by atoms with E-state index in [1.54, 1.807) is 36.4 Å². The van der Waals surface area contributed by atoms with Crippen LogP contribution in [0.25, 0.3) is 0 Å². The highest BCUT2D eigenvalue weighted by atomic mass is 35.5. The Kier molecular flexibility index (Phi) is 4.65. The second kappa shape index (κ2) is 6.28. The molecule has 2 aromatic carbocycles. The van der Waals surface area contributed by atoms with Gasteiger partial charge in [-0.25, -0.2) is 8.42 Å². The van der Waals surface area contributed by atoms with Crippen molar-refractivity contribution in [3.05, 3.63) is 59.1 Å². The fourth-order valence-corrected chi connectivity index (χ4v) is 3.07. The Morgan fingerprint density at radius 1 is 1.10 bits per heavy atom. The number of nitrogens with one attached hydrogen (secondary N) is 1. The summed E-state index contributed by atoms with van der Waals surface area (Å²) in [4.78, 5) is 12.0. The summed E-state index contributed by atoms with van der Waals surface area (Å²) in [6.45, 7) is 1.86. The van der Waals surface area contributed by atoms with Gasteiger partial charge in [0.15, 0.2) is 9.84 Å². The molecule has 110 valence electrons. The summed E-state index contributed by atoms with van der Waals surface area (Å²) in [5, 5.41) is 2.86. The number of hydrogen-bond acceptors (Lipinski definition) is 3. The summed E-state index contributed by atoms with van der Waals surface area (Å²) in [7, 11) is -3.66. The lowest BCUT2D eigenvalue weighted by Gasteiger charge is -2.08. The topological polar surface area (TPSA) is 63.2 Å². The summed E-state index contributed by atoms with van der Waals surface area (Å²) in [6.07, 6.45) is 0. The smallest absolute Gasteiger partial charge is 0.240 e. The normalized spacial score (nSPS) is 11.1. The van der Waals surface area contributed by atoms with Crippen LogP contribution in [0.1, 0.15) is 5.56 Å². The summed E-state index contributed by atoms with van der Waals surface area (Å²) >= 11 is 5.91. The first-order valence-electron chi connectivity index (χ1n) is 6.22. The molecule has 1 N–H and O–H groups in total. The molecule has 0 atom stereocenters. The van der Waals surface area contributed by atoms with Crippen molar-refractivity contribution in [2.24, 2.45) is 0 Å². The largest absolute Gasteiger partial charge is 0.324 e. The van der Waals surface area contributed by atoms with Gasteiger partial charge in [-0.1, -0.05) is 41.4 Å². The molecule has 0 aliphatic rings. The van der Waals surface area contributed by atoms with E-state index in [1.165, 1.54) is 12.1 Å². The molecule has 0 aromatic heterocycles. The Morgan fingerprint density at radius 3 is 2.33 bits per heavy atom. The minimum absolute atomic E-state index is 0.127. The highest BCUT2D eigenvalue weighted by molar-refractivity contribution is 7.92. The average molecular weight is 324 g/mol. The van der Waals surface area contributed by atoms with E-state index in [1.807, 2.05) is 6.92 Å². The van der Waals surface area contributed by atoms with Gasteiger partial charge >= 0.3 is 0 Å². The van der Waals surface area contributed by atoms with E-state index in [2.05, 4.69) is 5.32 Å². The van der Waals surface area contributed by atoms with Gasteiger partial charge in [-0.15, -0.1) is 0 Å². The number of aryl methyl sites for hydroxylation is 1. The highest BCUT2D eigenvalue weighted by Gasteiger charge is 2.19. The number of amides is 1. The van der Waals surface area contributed by atoms with Crippen molar-refractivity contribution in [2.75, 3.05) is 11.1 Å². The molecule has 0 saturated heterocycles. The average Bonchev–Trinajstić information content (AvgIpc) is 2.41. The molecule has 0 aliphatic carbocycles. The van der Waals surface area contributed by atoms with E-state index in [-0.39, 0.29) is 4.90 Å². The van der Waals surface area contributed by atoms with Crippen molar-refractivity contribution in [1.29, 1.82) is 0 Å². The molecule has 4 nitrogen and oxygen atoms in total. The maximum atomic E-state index is 12.1. The van der Waals surface area contributed by atoms with Crippen LogP contribution in [-0.4, -0.2) is 20.1 Å². The van der Waals surface area contributed by atoms with Crippen LogP contribution in [0.5, 0.6) is 0 Å². The Balaban J connectivity index is 2.12. The minimum Gasteiger partial charge on any atom is -0.324 e. The van der Waals surface area contributed by atoms with Crippen molar-refractivity contribution >= 4 is 33.0 Å². The number of hydrogen-bond donors (Lipinski definition) is 1. The molecule has 0 fully saturated rings. The molecule has 0 unspecified atom stereocenters. The molecule has 0 aliphatic heterocycles. The summed E-state index contributed by atoms with van der Waals surface area (Å²) < 4.78 is 24.3. The van der Waals surface area contributed by atoms with Crippen LogP contribution in [0.3, 0.4) is 0 Å². The molecular weight excluding hydrogens is 310 g/mol. The molecule has 0 bridgehead atoms. The predicted molar refractivity (Wildman–Crippen MR) is 83.3 cm³/mol. The Bertz CT molecular complexity index is 755. The van der Waals surface area contributed by atoms with Crippen molar-refractivity contribution in [1.82, 2.24) is 0 Å². The summed E-state index contributed by atoms with van der Waals surface area (Å²) in [6, 6.07) is 13.0. The second-order valence-electron chi connectivity index (χ2n) is 4.60. The zero-order chi connectivity index (χ0) is 15.5. The zero-order valence-corrected chi connectivity index (χ0v) is 12.9. The Labute approximate surface area is 128 Å². The van der Waals surface area contributed by atoms with E-state index < -0.39 is 21.5 Å². The lowest BCUT2D eigenvalue weighted by atomic mass is 10.2. The zero-order valence-electron chi connectivity index (χ0n) is 11.3. The molecule has 0 heterocycles. The molecule has 1 amide bonds. The van der Waals surface area contributed by atoms with Crippen LogP contribution in [0.4, 0.5) is 5.69 Å². The lowest BCUT2D eigenvalue weighted by Crippen LogP contribution is -2.23. The van der Waals surface area contributed by atoms with Crippen molar-refractivity contribution in [2.45, 2.75) is 11.8 Å². The molecule has 0 spiro atoms. The fourth-order valence-electron chi connectivity index (χ4n) is 1.75. The number of carbonyl (C=O) groups excluding carboxylic acids is 1. The highest BCUT2D eigenvalue weighted by Crippen LogP contribution is 2.20. The molecule has 2 aromatic rings. The number of benzene rings is 2. The number of para-hydroxylation sites is 1. The lowest BCUT2D eigenvalue weighted by molar-refractivity contribution is -0.113. The van der Waals surface area contributed by atoms with Crippen molar-refractivity contribution in [3.63, 3.8) is 0 Å². The number of anilines is 1. The summed E-state index contributed by atoms with van der Waals surface area (Å²) in [5.74, 6) is -1.25. The number of halogens is 1. The van der Waals surface area contributed by atoms with Gasteiger partial charge in [-0.2, -0.15) is 0 Å². The Hall–Kier alpha value is -1.85. The molecule has 2 rings (SSSR count). The van der Waals surface area contributed by atoms with Gasteiger partial charge in [0, 0.05) is 0 Å². The maximum Gasteiger partial charge on any atom is 0.240 e. The van der Waals surface area contributed by atoms with Gasteiger partial charge < -0.3 is 5.32 Å². The standard InChI is InChI=1S/C15H14ClNO3S/c1-11-6-8-12(9-7-11)21(19,20)10-15(18)17-14-5-3-2-4-13(14)16/h2-9H,10H2,1H3,(H,17,18). The fraction of sp³-hybridized carbons (Fsp3) is 0.133. The van der Waals surface area contributed by atoms with Crippen LogP contribution in [-0.2, 0) is 14.6 Å². The number of sulfone groups is 1. The van der Waals surface area contributed by atoms with E-state index in [4.69, 9.17) is 11.6 Å². The van der Waals surface area contributed by atoms with Gasteiger partial charge in [-0.3, -0.25) is 4.79 Å². The van der Waals surface area contributed by atoms with E-state index in [0.717, 1.165) is 5.56 Å². The van der Waals surface area contributed by atoms with Gasteiger partial charge in [0.1, 0.15) is 5.75 Å². The molecule has 0 radical (unpaired) electrons. The quantitative estimate of drug-likeness (QED) is 0.940. The Morgan fingerprint density at radius 2 is 1.71 bits per heavy atom. The first-order chi connectivity index (χ1) is 9.88. The molecular formula is C15H14ClNO3S. The van der Waals surface area contributed by atoms with E-state index in [9.17, 15) is 13.2 Å². The SMILES string of the molecule is Cc1ccc(S(=O)(=O)CC(=O)Nc2ccccc2Cl)cc1. The molecule has 6 heteroatoms. The van der Waals surface area contributed by atoms with Crippen LogP contribution >= 0.6 is 11.6 Å². The summed E-state index contributed by atoms with van der Waals surface area (Å²) in [5.41, 5.74) is 1.35. The van der Waals surface area contributed by atoms with Gasteiger partial charge in [0.2, 0.25) is 5.91 Å². The van der Waals surface area contributed by atoms with Crippen LogP contribution < -0.4 is 5.32 Å². The van der Waals surface area contributed by atoms with Crippen molar-refractivity contribution < 1.29 is 13.2 Å². The third kappa shape index (κ3) is 4.06. The van der Waals surface area contributed by atoms with Crippen LogP contribution in [0, 0.1) is 6.92 Å². The second-order valence-corrected chi connectivity index (χ2v) is 7.00. The first-order valence-corrected chi connectivity index (χ1v) is 8.25. The molecule has 21 heavy (non-hydrogen) atoms. The third-order valence-electron chi connectivity index (χ3n) is 2.85. The predicted octanol–water partition coefficient (Wildman–Crippen LogP) is 3.06.